The normalized spacial score (nSPS) is 8.21. The van der Waals surface area contributed by atoms with Crippen molar-refractivity contribution >= 4 is 6.41 Å². The van der Waals surface area contributed by atoms with Gasteiger partial charge in [-0.15, -0.1) is 12.8 Å². The number of nitrogens with one attached hydrogen (secondary N) is 1. The van der Waals surface area contributed by atoms with E-state index < -0.39 is 0 Å². The Bertz CT molecular complexity index is 289. The molecular weight excluding hydrogens is 234 g/mol. The Kier molecular flexibility index (Phi) is 19.2. The number of carbonyl (C=O) groups is 1. The van der Waals surface area contributed by atoms with Gasteiger partial charge in [0, 0.05) is 6.54 Å². The standard InChI is InChI=1S/C8H9NO.C7H16.C2H2/c10-7-9-6-8-4-2-1-3-5-8;1-3-5-7-6-4-2;1-2/h1-5,7H,6H2,(H,9,10);3-7H2,1-2H3;1-2H. The van der Waals surface area contributed by atoms with Crippen molar-refractivity contribution < 1.29 is 4.79 Å². The smallest absolute Gasteiger partial charge is 0.207 e. The van der Waals surface area contributed by atoms with Gasteiger partial charge in [0.2, 0.25) is 6.41 Å². The van der Waals surface area contributed by atoms with Crippen LogP contribution in [-0.2, 0) is 11.3 Å². The number of hydrogen-bond acceptors (Lipinski definition) is 1. The molecule has 0 aliphatic carbocycles. The second-order valence-electron chi connectivity index (χ2n) is 4.05. The fourth-order valence-corrected chi connectivity index (χ4v) is 1.43. The van der Waals surface area contributed by atoms with Crippen molar-refractivity contribution in [3.63, 3.8) is 0 Å². The number of rotatable bonds is 7. The molecule has 0 bridgehead atoms. The first-order chi connectivity index (χ1) is 9.35. The molecule has 0 aromatic heterocycles. The average molecular weight is 261 g/mol. The Hall–Kier alpha value is -1.75. The van der Waals surface area contributed by atoms with E-state index in [4.69, 9.17) is 0 Å². The van der Waals surface area contributed by atoms with E-state index in [0.29, 0.717) is 13.0 Å². The van der Waals surface area contributed by atoms with E-state index in [2.05, 4.69) is 32.0 Å². The summed E-state index contributed by atoms with van der Waals surface area (Å²) < 4.78 is 0. The number of amides is 1. The minimum atomic E-state index is 0.615. The number of benzene rings is 1. The third-order valence-electron chi connectivity index (χ3n) is 2.44. The first-order valence-electron chi connectivity index (χ1n) is 6.89. The summed E-state index contributed by atoms with van der Waals surface area (Å²) in [6.07, 6.45) is 15.7. The molecule has 1 rings (SSSR count). The van der Waals surface area contributed by atoms with Crippen LogP contribution >= 0.6 is 0 Å². The molecule has 1 amide bonds. The number of terminal acetylenes is 1. The summed E-state index contributed by atoms with van der Waals surface area (Å²) in [5, 5.41) is 2.58. The van der Waals surface area contributed by atoms with Gasteiger partial charge in [-0.25, -0.2) is 0 Å². The molecule has 0 saturated carbocycles. The van der Waals surface area contributed by atoms with Crippen molar-refractivity contribution in [1.29, 1.82) is 0 Å². The molecule has 0 aliphatic rings. The van der Waals surface area contributed by atoms with Crippen molar-refractivity contribution in [2.45, 2.75) is 52.5 Å². The highest BCUT2D eigenvalue weighted by Gasteiger charge is 1.85. The van der Waals surface area contributed by atoms with E-state index in [1.54, 1.807) is 0 Å². The molecule has 2 heteroatoms. The van der Waals surface area contributed by atoms with E-state index >= 15 is 0 Å². The van der Waals surface area contributed by atoms with Gasteiger partial charge >= 0.3 is 0 Å². The van der Waals surface area contributed by atoms with Crippen LogP contribution in [0, 0.1) is 12.8 Å². The molecule has 0 atom stereocenters. The largest absolute Gasteiger partial charge is 0.355 e. The average Bonchev–Trinajstić information content (AvgIpc) is 2.49. The van der Waals surface area contributed by atoms with Gasteiger partial charge in [0.1, 0.15) is 0 Å². The van der Waals surface area contributed by atoms with Crippen LogP contribution in [-0.4, -0.2) is 6.41 Å². The molecular formula is C17H27NO. The summed E-state index contributed by atoms with van der Waals surface area (Å²) >= 11 is 0. The highest BCUT2D eigenvalue weighted by molar-refractivity contribution is 5.46. The van der Waals surface area contributed by atoms with Gasteiger partial charge in [0.15, 0.2) is 0 Å². The zero-order chi connectivity index (χ0) is 14.8. The molecule has 0 unspecified atom stereocenters. The first kappa shape index (κ1) is 19.6. The highest BCUT2D eigenvalue weighted by atomic mass is 16.1. The molecule has 0 saturated heterocycles. The van der Waals surface area contributed by atoms with E-state index in [9.17, 15) is 4.79 Å². The van der Waals surface area contributed by atoms with E-state index in [-0.39, 0.29) is 0 Å². The van der Waals surface area contributed by atoms with Gasteiger partial charge in [-0.2, -0.15) is 0 Å². The summed E-state index contributed by atoms with van der Waals surface area (Å²) in [5.74, 6) is 0. The molecule has 19 heavy (non-hydrogen) atoms. The third kappa shape index (κ3) is 16.2. The van der Waals surface area contributed by atoms with E-state index in [0.717, 1.165) is 5.56 Å². The fourth-order valence-electron chi connectivity index (χ4n) is 1.43. The molecule has 2 nitrogen and oxygen atoms in total. The van der Waals surface area contributed by atoms with Crippen molar-refractivity contribution in [2.24, 2.45) is 0 Å². The SMILES string of the molecule is C#C.CCCCCCC.O=CNCc1ccccc1. The summed E-state index contributed by atoms with van der Waals surface area (Å²) in [4.78, 5) is 9.87. The van der Waals surface area contributed by atoms with Gasteiger partial charge < -0.3 is 5.32 Å². The molecule has 0 fully saturated rings. The first-order valence-corrected chi connectivity index (χ1v) is 6.89. The number of unbranched alkanes of at least 4 members (excludes halogenated alkanes) is 4. The van der Waals surface area contributed by atoms with Crippen LogP contribution in [0.2, 0.25) is 0 Å². The molecule has 106 valence electrons. The van der Waals surface area contributed by atoms with Crippen molar-refractivity contribution in [3.8, 4) is 12.8 Å². The maximum atomic E-state index is 9.87. The lowest BCUT2D eigenvalue weighted by atomic mass is 10.2. The Morgan fingerprint density at radius 2 is 1.53 bits per heavy atom. The Labute approximate surface area is 118 Å². The summed E-state index contributed by atoms with van der Waals surface area (Å²) in [6, 6.07) is 9.78. The molecule has 1 aromatic rings. The van der Waals surface area contributed by atoms with Crippen LogP contribution in [0.15, 0.2) is 30.3 Å². The predicted molar refractivity (Wildman–Crippen MR) is 83.7 cm³/mol. The molecule has 1 aromatic carbocycles. The molecule has 0 spiro atoms. The van der Waals surface area contributed by atoms with Crippen LogP contribution in [0.25, 0.3) is 0 Å². The summed E-state index contributed by atoms with van der Waals surface area (Å²) in [5.41, 5.74) is 1.12. The quantitative estimate of drug-likeness (QED) is 0.446. The van der Waals surface area contributed by atoms with Gasteiger partial charge in [-0.3, -0.25) is 4.79 Å². The zero-order valence-electron chi connectivity index (χ0n) is 12.3. The van der Waals surface area contributed by atoms with Gasteiger partial charge in [-0.05, 0) is 5.56 Å². The lowest BCUT2D eigenvalue weighted by Gasteiger charge is -1.96. The van der Waals surface area contributed by atoms with Crippen LogP contribution in [0.3, 0.4) is 0 Å². The van der Waals surface area contributed by atoms with Crippen LogP contribution in [0.5, 0.6) is 0 Å². The zero-order valence-corrected chi connectivity index (χ0v) is 12.3. The van der Waals surface area contributed by atoms with Crippen LogP contribution in [0.1, 0.15) is 51.5 Å². The molecule has 0 heterocycles. The molecule has 1 N–H and O–H groups in total. The van der Waals surface area contributed by atoms with Crippen LogP contribution < -0.4 is 5.32 Å². The highest BCUT2D eigenvalue weighted by Crippen LogP contribution is 2.00. The van der Waals surface area contributed by atoms with Crippen molar-refractivity contribution in [1.82, 2.24) is 5.32 Å². The Morgan fingerprint density at radius 3 is 1.95 bits per heavy atom. The third-order valence-corrected chi connectivity index (χ3v) is 2.44. The minimum absolute atomic E-state index is 0.615. The van der Waals surface area contributed by atoms with Gasteiger partial charge in [-0.1, -0.05) is 76.3 Å². The van der Waals surface area contributed by atoms with Crippen molar-refractivity contribution in [2.75, 3.05) is 0 Å². The van der Waals surface area contributed by atoms with Crippen LogP contribution in [0.4, 0.5) is 0 Å². The molecule has 0 radical (unpaired) electrons. The molecule has 0 aliphatic heterocycles. The van der Waals surface area contributed by atoms with Crippen molar-refractivity contribution in [3.05, 3.63) is 35.9 Å². The Morgan fingerprint density at radius 1 is 1.00 bits per heavy atom. The maximum absolute atomic E-state index is 9.87. The fraction of sp³-hybridized carbons (Fsp3) is 0.471. The number of hydrogen-bond donors (Lipinski definition) is 1. The van der Waals surface area contributed by atoms with Gasteiger partial charge in [0.25, 0.3) is 0 Å². The van der Waals surface area contributed by atoms with E-state index in [1.807, 2.05) is 30.3 Å². The Balaban J connectivity index is 0. The lowest BCUT2D eigenvalue weighted by molar-refractivity contribution is -0.109. The summed E-state index contributed by atoms with van der Waals surface area (Å²) in [7, 11) is 0. The lowest BCUT2D eigenvalue weighted by Crippen LogP contribution is -2.09. The summed E-state index contributed by atoms with van der Waals surface area (Å²) in [6.45, 7) is 5.11. The minimum Gasteiger partial charge on any atom is -0.355 e. The van der Waals surface area contributed by atoms with Gasteiger partial charge in [0.05, 0.1) is 0 Å². The number of carbonyl (C=O) groups excluding carboxylic acids is 1. The second-order valence-corrected chi connectivity index (χ2v) is 4.05. The topological polar surface area (TPSA) is 29.1 Å². The van der Waals surface area contributed by atoms with E-state index in [1.165, 1.54) is 32.1 Å². The monoisotopic (exact) mass is 261 g/mol. The predicted octanol–water partition coefficient (Wildman–Crippen LogP) is 4.16. The maximum Gasteiger partial charge on any atom is 0.207 e. The second kappa shape index (κ2) is 18.6.